The Morgan fingerprint density at radius 2 is 2.05 bits per heavy atom. The highest BCUT2D eigenvalue weighted by molar-refractivity contribution is 9.11. The van der Waals surface area contributed by atoms with Crippen molar-refractivity contribution in [3.63, 3.8) is 0 Å². The maximum Gasteiger partial charge on any atom is 0.238 e. The molecule has 0 saturated carbocycles. The Hall–Kier alpha value is -0.630. The fourth-order valence-corrected chi connectivity index (χ4v) is 3.30. The Kier molecular flexibility index (Phi) is 5.83. The molecule has 1 aliphatic rings. The molecule has 1 fully saturated rings. The Morgan fingerprint density at radius 1 is 1.35 bits per heavy atom. The van der Waals surface area contributed by atoms with E-state index in [4.69, 9.17) is 4.74 Å². The summed E-state index contributed by atoms with van der Waals surface area (Å²) in [4.78, 5) is 14.2. The third kappa shape index (κ3) is 4.18. The number of halogens is 2. The molecule has 1 heterocycles. The van der Waals surface area contributed by atoms with Crippen LogP contribution in [0.15, 0.2) is 21.1 Å². The van der Waals surface area contributed by atoms with E-state index in [1.165, 1.54) is 0 Å². The van der Waals surface area contributed by atoms with Crippen LogP contribution in [0.2, 0.25) is 0 Å². The first-order valence-electron chi connectivity index (χ1n) is 6.36. The number of piperazine rings is 1. The van der Waals surface area contributed by atoms with E-state index in [9.17, 15) is 4.79 Å². The molecule has 110 valence electrons. The third-order valence-electron chi connectivity index (χ3n) is 3.09. The monoisotopic (exact) mass is 405 g/mol. The number of hydrogen-bond acceptors (Lipinski definition) is 4. The zero-order chi connectivity index (χ0) is 14.5. The SMILES string of the molecule is COc1cc(NC(=O)CN2CCNCC2)c(Br)cc1Br. The van der Waals surface area contributed by atoms with E-state index in [0.29, 0.717) is 18.0 Å². The highest BCUT2D eigenvalue weighted by Crippen LogP contribution is 2.34. The molecule has 1 amide bonds. The normalized spacial score (nSPS) is 15.9. The van der Waals surface area contributed by atoms with Gasteiger partial charge in [0.2, 0.25) is 5.91 Å². The number of benzene rings is 1. The highest BCUT2D eigenvalue weighted by Gasteiger charge is 2.15. The number of anilines is 1. The lowest BCUT2D eigenvalue weighted by Gasteiger charge is -2.26. The molecule has 0 atom stereocenters. The van der Waals surface area contributed by atoms with E-state index in [0.717, 1.165) is 35.1 Å². The highest BCUT2D eigenvalue weighted by atomic mass is 79.9. The van der Waals surface area contributed by atoms with Gasteiger partial charge in [-0.2, -0.15) is 0 Å². The quantitative estimate of drug-likeness (QED) is 0.803. The van der Waals surface area contributed by atoms with Crippen LogP contribution in [-0.2, 0) is 4.79 Å². The van der Waals surface area contributed by atoms with Crippen molar-refractivity contribution >= 4 is 43.5 Å². The number of nitrogens with zero attached hydrogens (tertiary/aromatic N) is 1. The second-order valence-electron chi connectivity index (χ2n) is 4.54. The number of amides is 1. The molecule has 0 bridgehead atoms. The Labute approximate surface area is 135 Å². The Balaban J connectivity index is 1.99. The second kappa shape index (κ2) is 7.40. The van der Waals surface area contributed by atoms with Crippen molar-refractivity contribution < 1.29 is 9.53 Å². The first kappa shape index (κ1) is 15.8. The molecular weight excluding hydrogens is 390 g/mol. The predicted molar refractivity (Wildman–Crippen MR) is 86.3 cm³/mol. The third-order valence-corrected chi connectivity index (χ3v) is 4.37. The van der Waals surface area contributed by atoms with Crippen LogP contribution in [0.3, 0.4) is 0 Å². The van der Waals surface area contributed by atoms with Crippen LogP contribution < -0.4 is 15.4 Å². The molecule has 0 radical (unpaired) electrons. The Bertz CT molecular complexity index is 491. The van der Waals surface area contributed by atoms with E-state index < -0.39 is 0 Å². The van der Waals surface area contributed by atoms with Gasteiger partial charge >= 0.3 is 0 Å². The summed E-state index contributed by atoms with van der Waals surface area (Å²) < 4.78 is 6.89. The molecule has 1 aliphatic heterocycles. The minimum atomic E-state index is -0.0167. The van der Waals surface area contributed by atoms with Crippen LogP contribution in [0.5, 0.6) is 5.75 Å². The summed E-state index contributed by atoms with van der Waals surface area (Å²) >= 11 is 6.84. The minimum Gasteiger partial charge on any atom is -0.495 e. The lowest BCUT2D eigenvalue weighted by Crippen LogP contribution is -2.46. The lowest BCUT2D eigenvalue weighted by atomic mass is 10.3. The van der Waals surface area contributed by atoms with Crippen LogP contribution in [0.4, 0.5) is 5.69 Å². The zero-order valence-electron chi connectivity index (χ0n) is 11.2. The van der Waals surface area contributed by atoms with Crippen LogP contribution in [0, 0.1) is 0 Å². The van der Waals surface area contributed by atoms with Crippen molar-refractivity contribution in [1.82, 2.24) is 10.2 Å². The molecule has 0 spiro atoms. The first-order chi connectivity index (χ1) is 9.60. The van der Waals surface area contributed by atoms with Gasteiger partial charge in [0, 0.05) is 36.7 Å². The minimum absolute atomic E-state index is 0.0167. The van der Waals surface area contributed by atoms with Gasteiger partial charge in [0.25, 0.3) is 0 Å². The summed E-state index contributed by atoms with van der Waals surface area (Å²) in [5.74, 6) is 0.669. The first-order valence-corrected chi connectivity index (χ1v) is 7.94. The van der Waals surface area contributed by atoms with Crippen LogP contribution in [-0.4, -0.2) is 50.6 Å². The summed E-state index contributed by atoms with van der Waals surface area (Å²) in [5, 5.41) is 6.18. The largest absolute Gasteiger partial charge is 0.495 e. The van der Waals surface area contributed by atoms with E-state index in [-0.39, 0.29) is 5.91 Å². The average Bonchev–Trinajstić information content (AvgIpc) is 2.43. The molecule has 20 heavy (non-hydrogen) atoms. The van der Waals surface area contributed by atoms with Gasteiger partial charge in [0.05, 0.1) is 23.8 Å². The number of hydrogen-bond donors (Lipinski definition) is 2. The van der Waals surface area contributed by atoms with Gasteiger partial charge in [-0.15, -0.1) is 0 Å². The summed E-state index contributed by atoms with van der Waals surface area (Å²) in [7, 11) is 1.60. The number of ether oxygens (including phenoxy) is 1. The summed E-state index contributed by atoms with van der Waals surface area (Å²) in [6.07, 6.45) is 0. The number of carbonyl (C=O) groups is 1. The van der Waals surface area contributed by atoms with E-state index in [1.807, 2.05) is 6.07 Å². The van der Waals surface area contributed by atoms with E-state index >= 15 is 0 Å². The maximum atomic E-state index is 12.1. The van der Waals surface area contributed by atoms with Gasteiger partial charge in [0.1, 0.15) is 5.75 Å². The summed E-state index contributed by atoms with van der Waals surface area (Å²) in [5.41, 5.74) is 0.713. The smallest absolute Gasteiger partial charge is 0.238 e. The van der Waals surface area contributed by atoms with Gasteiger partial charge in [-0.05, 0) is 37.9 Å². The van der Waals surface area contributed by atoms with E-state index in [2.05, 4.69) is 47.4 Å². The number of rotatable bonds is 4. The lowest BCUT2D eigenvalue weighted by molar-refractivity contribution is -0.117. The fraction of sp³-hybridized carbons (Fsp3) is 0.462. The zero-order valence-corrected chi connectivity index (χ0v) is 14.4. The topological polar surface area (TPSA) is 53.6 Å². The van der Waals surface area contributed by atoms with Crippen molar-refractivity contribution in [2.24, 2.45) is 0 Å². The van der Waals surface area contributed by atoms with Crippen molar-refractivity contribution in [3.8, 4) is 5.75 Å². The molecule has 2 rings (SSSR count). The molecule has 0 aromatic heterocycles. The molecule has 1 aromatic carbocycles. The van der Waals surface area contributed by atoms with Gasteiger partial charge in [0.15, 0.2) is 0 Å². The van der Waals surface area contributed by atoms with Crippen molar-refractivity contribution in [2.75, 3.05) is 45.2 Å². The van der Waals surface area contributed by atoms with Crippen LogP contribution in [0.25, 0.3) is 0 Å². The van der Waals surface area contributed by atoms with Crippen molar-refractivity contribution in [3.05, 3.63) is 21.1 Å². The van der Waals surface area contributed by atoms with Gasteiger partial charge < -0.3 is 15.4 Å². The molecular formula is C13H17Br2N3O2. The van der Waals surface area contributed by atoms with Gasteiger partial charge in [-0.25, -0.2) is 0 Å². The molecule has 1 aromatic rings. The number of nitrogens with one attached hydrogen (secondary N) is 2. The fourth-order valence-electron chi connectivity index (χ4n) is 2.04. The van der Waals surface area contributed by atoms with Crippen LogP contribution in [0.1, 0.15) is 0 Å². The second-order valence-corrected chi connectivity index (χ2v) is 6.25. The van der Waals surface area contributed by atoms with Gasteiger partial charge in [-0.3, -0.25) is 9.69 Å². The molecule has 7 heteroatoms. The van der Waals surface area contributed by atoms with Crippen molar-refractivity contribution in [1.29, 1.82) is 0 Å². The van der Waals surface area contributed by atoms with Gasteiger partial charge in [-0.1, -0.05) is 0 Å². The molecule has 2 N–H and O–H groups in total. The summed E-state index contributed by atoms with van der Waals surface area (Å²) in [6.45, 7) is 4.08. The summed E-state index contributed by atoms with van der Waals surface area (Å²) in [6, 6.07) is 3.66. The molecule has 1 saturated heterocycles. The van der Waals surface area contributed by atoms with Crippen molar-refractivity contribution in [2.45, 2.75) is 0 Å². The maximum absolute atomic E-state index is 12.1. The van der Waals surface area contributed by atoms with E-state index in [1.54, 1.807) is 13.2 Å². The molecule has 0 aliphatic carbocycles. The van der Waals surface area contributed by atoms with Crippen LogP contribution >= 0.6 is 31.9 Å². The number of carbonyl (C=O) groups excluding carboxylic acids is 1. The Morgan fingerprint density at radius 3 is 2.70 bits per heavy atom. The average molecular weight is 407 g/mol. The number of methoxy groups -OCH3 is 1. The molecule has 0 unspecified atom stereocenters. The molecule has 5 nitrogen and oxygen atoms in total. The standard InChI is InChI=1S/C13H17Br2N3O2/c1-20-12-7-11(9(14)6-10(12)15)17-13(19)8-18-4-2-16-3-5-18/h6-7,16H,2-5,8H2,1H3,(H,17,19). The predicted octanol–water partition coefficient (Wildman–Crippen LogP) is 2.06.